The molecule has 0 aliphatic heterocycles. The molecule has 0 bridgehead atoms. The molecular weight excluding hydrogens is 232 g/mol. The lowest BCUT2D eigenvalue weighted by Gasteiger charge is -2.06. The Morgan fingerprint density at radius 3 is 2.60 bits per heavy atom. The molecule has 0 aliphatic carbocycles. The van der Waals surface area contributed by atoms with Crippen molar-refractivity contribution in [2.45, 2.75) is 6.43 Å². The van der Waals surface area contributed by atoms with Gasteiger partial charge in [0.1, 0.15) is 5.56 Å². The number of halogens is 3. The van der Waals surface area contributed by atoms with E-state index in [2.05, 4.69) is 9.72 Å². The first-order valence-electron chi connectivity index (χ1n) is 3.76. The van der Waals surface area contributed by atoms with Crippen LogP contribution in [0.4, 0.5) is 8.78 Å². The number of hydrogen-bond donors (Lipinski definition) is 1. The van der Waals surface area contributed by atoms with Crippen molar-refractivity contribution in [1.29, 1.82) is 0 Å². The Kier molecular flexibility index (Phi) is 3.41. The van der Waals surface area contributed by atoms with Gasteiger partial charge < -0.3 is 9.72 Å². The van der Waals surface area contributed by atoms with Crippen LogP contribution in [0.25, 0.3) is 0 Å². The molecule has 0 radical (unpaired) electrons. The molecule has 1 N–H and O–H groups in total. The van der Waals surface area contributed by atoms with E-state index in [4.69, 9.17) is 11.6 Å². The van der Waals surface area contributed by atoms with E-state index in [0.717, 1.165) is 6.20 Å². The first kappa shape index (κ1) is 11.6. The van der Waals surface area contributed by atoms with Gasteiger partial charge in [0.2, 0.25) is 11.3 Å². The summed E-state index contributed by atoms with van der Waals surface area (Å²) in [6.07, 6.45) is -2.19. The van der Waals surface area contributed by atoms with E-state index in [0.29, 0.717) is 0 Å². The zero-order valence-corrected chi connectivity index (χ0v) is 8.27. The summed E-state index contributed by atoms with van der Waals surface area (Å²) in [7, 11) is 1.18. The number of carbonyl (C=O) groups is 1. The average molecular weight is 238 g/mol. The molecule has 0 amide bonds. The third-order valence-corrected chi connectivity index (χ3v) is 1.90. The molecule has 1 aromatic rings. The molecule has 1 rings (SSSR count). The van der Waals surface area contributed by atoms with Gasteiger partial charge in [0.15, 0.2) is 0 Å². The fraction of sp³-hybridized carbons (Fsp3) is 0.250. The zero-order valence-electron chi connectivity index (χ0n) is 7.51. The maximum absolute atomic E-state index is 12.3. The third kappa shape index (κ3) is 2.15. The van der Waals surface area contributed by atoms with Crippen molar-refractivity contribution in [2.75, 3.05) is 7.11 Å². The van der Waals surface area contributed by atoms with Crippen molar-refractivity contribution in [1.82, 2.24) is 4.98 Å². The quantitative estimate of drug-likeness (QED) is 0.814. The molecule has 0 fully saturated rings. The van der Waals surface area contributed by atoms with Crippen LogP contribution in [0.3, 0.4) is 0 Å². The van der Waals surface area contributed by atoms with Crippen LogP contribution in [0.2, 0.25) is 0 Å². The van der Waals surface area contributed by atoms with Gasteiger partial charge in [-0.15, -0.1) is 0 Å². The van der Waals surface area contributed by atoms with E-state index in [9.17, 15) is 18.4 Å². The molecule has 82 valence electrons. The highest BCUT2D eigenvalue weighted by molar-refractivity contribution is 6.68. The van der Waals surface area contributed by atoms with Gasteiger partial charge in [0, 0.05) is 6.20 Å². The van der Waals surface area contributed by atoms with Crippen LogP contribution in [0.1, 0.15) is 22.3 Å². The number of aromatic nitrogens is 1. The highest BCUT2D eigenvalue weighted by atomic mass is 35.5. The van der Waals surface area contributed by atoms with Gasteiger partial charge in [0.25, 0.3) is 11.7 Å². The van der Waals surface area contributed by atoms with E-state index >= 15 is 0 Å². The predicted octanol–water partition coefficient (Wildman–Crippen LogP) is 1.70. The van der Waals surface area contributed by atoms with Gasteiger partial charge in [-0.1, -0.05) is 0 Å². The second kappa shape index (κ2) is 4.39. The Labute approximate surface area is 87.8 Å². The van der Waals surface area contributed by atoms with Crippen molar-refractivity contribution in [3.05, 3.63) is 27.5 Å². The van der Waals surface area contributed by atoms with E-state index in [1.807, 2.05) is 0 Å². The first-order valence-corrected chi connectivity index (χ1v) is 4.14. The smallest absolute Gasteiger partial charge is 0.269 e. The SMILES string of the molecule is COc1[nH]cc(C(F)F)c(=O)c1C(=O)Cl. The third-order valence-electron chi connectivity index (χ3n) is 1.71. The fourth-order valence-electron chi connectivity index (χ4n) is 1.03. The van der Waals surface area contributed by atoms with Gasteiger partial charge in [-0.3, -0.25) is 9.59 Å². The van der Waals surface area contributed by atoms with Crippen LogP contribution in [-0.4, -0.2) is 17.3 Å². The van der Waals surface area contributed by atoms with Crippen LogP contribution in [-0.2, 0) is 0 Å². The molecule has 1 heterocycles. The molecule has 0 atom stereocenters. The van der Waals surface area contributed by atoms with Crippen LogP contribution < -0.4 is 10.2 Å². The number of carbonyl (C=O) groups excluding carboxylic acids is 1. The average Bonchev–Trinajstić information content (AvgIpc) is 2.15. The number of aromatic amines is 1. The lowest BCUT2D eigenvalue weighted by molar-refractivity contribution is 0.107. The van der Waals surface area contributed by atoms with Crippen LogP contribution in [0.5, 0.6) is 5.88 Å². The molecule has 0 aromatic carbocycles. The second-order valence-electron chi connectivity index (χ2n) is 2.56. The van der Waals surface area contributed by atoms with Crippen molar-refractivity contribution < 1.29 is 18.3 Å². The molecule has 0 spiro atoms. The normalized spacial score (nSPS) is 10.5. The Bertz CT molecular complexity index is 444. The summed E-state index contributed by atoms with van der Waals surface area (Å²) in [5.74, 6) is -0.232. The van der Waals surface area contributed by atoms with Gasteiger partial charge >= 0.3 is 0 Å². The minimum absolute atomic E-state index is 0.232. The van der Waals surface area contributed by atoms with Gasteiger partial charge in [-0.25, -0.2) is 8.78 Å². The van der Waals surface area contributed by atoms with E-state index in [1.54, 1.807) is 0 Å². The van der Waals surface area contributed by atoms with Crippen LogP contribution in [0, 0.1) is 0 Å². The summed E-state index contributed by atoms with van der Waals surface area (Å²) in [5, 5.41) is -1.14. The molecule has 0 aliphatic rings. The number of methoxy groups -OCH3 is 1. The molecule has 15 heavy (non-hydrogen) atoms. The standard InChI is InChI=1S/C8H6ClF2NO3/c1-15-8-4(6(9)14)5(13)3(2-12-8)7(10)11/h2,7H,1H3,(H,12,13). The van der Waals surface area contributed by atoms with Gasteiger partial charge in [-0.2, -0.15) is 0 Å². The molecular formula is C8H6ClF2NO3. The molecule has 1 aromatic heterocycles. The summed E-state index contributed by atoms with van der Waals surface area (Å²) in [6.45, 7) is 0. The highest BCUT2D eigenvalue weighted by Gasteiger charge is 2.22. The summed E-state index contributed by atoms with van der Waals surface area (Å²) in [5.41, 5.74) is -2.56. The van der Waals surface area contributed by atoms with Crippen molar-refractivity contribution in [3.63, 3.8) is 0 Å². The monoisotopic (exact) mass is 237 g/mol. The van der Waals surface area contributed by atoms with E-state index in [-0.39, 0.29) is 5.88 Å². The van der Waals surface area contributed by atoms with E-state index in [1.165, 1.54) is 7.11 Å². The minimum Gasteiger partial charge on any atom is -0.482 e. The van der Waals surface area contributed by atoms with Gasteiger partial charge in [0.05, 0.1) is 12.7 Å². The van der Waals surface area contributed by atoms with Crippen molar-refractivity contribution >= 4 is 16.8 Å². The number of nitrogens with one attached hydrogen (secondary N) is 1. The number of ether oxygens (including phenoxy) is 1. The number of pyridine rings is 1. The summed E-state index contributed by atoms with van der Waals surface area (Å²) in [6, 6.07) is 0. The Balaban J connectivity index is 3.50. The molecule has 0 saturated heterocycles. The second-order valence-corrected chi connectivity index (χ2v) is 2.90. The summed E-state index contributed by atoms with van der Waals surface area (Å²) < 4.78 is 29.2. The Morgan fingerprint density at radius 1 is 1.60 bits per heavy atom. The minimum atomic E-state index is -2.98. The lowest BCUT2D eigenvalue weighted by atomic mass is 10.2. The number of alkyl halides is 2. The summed E-state index contributed by atoms with van der Waals surface area (Å²) in [4.78, 5) is 24.4. The highest BCUT2D eigenvalue weighted by Crippen LogP contribution is 2.19. The predicted molar refractivity (Wildman–Crippen MR) is 48.8 cm³/mol. The largest absolute Gasteiger partial charge is 0.482 e. The van der Waals surface area contributed by atoms with Crippen LogP contribution >= 0.6 is 11.6 Å². The molecule has 0 saturated carbocycles. The molecule has 0 unspecified atom stereocenters. The maximum Gasteiger partial charge on any atom is 0.269 e. The van der Waals surface area contributed by atoms with Gasteiger partial charge in [-0.05, 0) is 11.6 Å². The van der Waals surface area contributed by atoms with Crippen molar-refractivity contribution in [3.8, 4) is 5.88 Å². The lowest BCUT2D eigenvalue weighted by Crippen LogP contribution is -2.19. The zero-order chi connectivity index (χ0) is 11.6. The Morgan fingerprint density at radius 2 is 2.20 bits per heavy atom. The van der Waals surface area contributed by atoms with Crippen LogP contribution in [0.15, 0.2) is 11.0 Å². The fourth-order valence-corrected chi connectivity index (χ4v) is 1.20. The first-order chi connectivity index (χ1) is 6.99. The Hall–Kier alpha value is -1.43. The number of rotatable bonds is 3. The summed E-state index contributed by atoms with van der Waals surface area (Å²) >= 11 is 5.09. The number of hydrogen-bond acceptors (Lipinski definition) is 3. The van der Waals surface area contributed by atoms with E-state index < -0.39 is 28.2 Å². The topological polar surface area (TPSA) is 59.2 Å². The molecule has 4 nitrogen and oxygen atoms in total. The van der Waals surface area contributed by atoms with Crippen molar-refractivity contribution in [2.24, 2.45) is 0 Å². The number of H-pyrrole nitrogens is 1. The maximum atomic E-state index is 12.3. The molecule has 7 heteroatoms.